The quantitative estimate of drug-likeness (QED) is 0.298. The van der Waals surface area contributed by atoms with Crippen LogP contribution in [0.15, 0.2) is 0 Å². The van der Waals surface area contributed by atoms with Crippen LogP contribution in [-0.4, -0.2) is 60.7 Å². The molecular weight excluding hydrogens is 532 g/mol. The molecule has 0 spiro atoms. The Labute approximate surface area is 197 Å². The van der Waals surface area contributed by atoms with E-state index in [9.17, 15) is 79.1 Å². The minimum Gasteiger partial charge on any atom is -1.00 e. The van der Waals surface area contributed by atoms with Gasteiger partial charge in [-0.25, -0.2) is 4.79 Å². The maximum absolute atomic E-state index is 13.1. The number of rotatable bonds is 7. The minimum absolute atomic E-state index is 0. The third-order valence-corrected chi connectivity index (χ3v) is 3.13. The van der Waals surface area contributed by atoms with Crippen molar-refractivity contribution in [2.75, 3.05) is 0 Å². The maximum Gasteiger partial charge on any atom is 1.00 e. The number of hydrogen-bond acceptors (Lipinski definition) is 4. The monoisotopic (exact) mass is 534 g/mol. The number of alkyl halides is 15. The van der Waals surface area contributed by atoms with E-state index in [1.165, 1.54) is 0 Å². The van der Waals surface area contributed by atoms with E-state index in [0.29, 0.717) is 0 Å². The summed E-state index contributed by atoms with van der Waals surface area (Å²) in [6.07, 6.45) is -7.79. The standard InChI is InChI=1S/C8HF15O5S.K.H/c9-2(10,1(24)28-29(25,26)27)3(11,12)4(13,14)5(15,16)6(17,18)7(19,20)8(21,22)23;;/h(H,25,26,27);;/q;+1;-1. The van der Waals surface area contributed by atoms with E-state index in [1.807, 2.05) is 0 Å². The molecule has 0 unspecified atom stereocenters. The average molecular weight is 534 g/mol. The summed E-state index contributed by atoms with van der Waals surface area (Å²) in [5.74, 6) is -54.3. The molecule has 1 N–H and O–H groups in total. The van der Waals surface area contributed by atoms with Crippen LogP contribution in [0.2, 0.25) is 0 Å². The van der Waals surface area contributed by atoms with Crippen LogP contribution in [0.25, 0.3) is 0 Å². The molecule has 0 fully saturated rings. The molecular formula is C8H2F15KO5S. The molecule has 0 radical (unpaired) electrons. The van der Waals surface area contributed by atoms with Crippen molar-refractivity contribution < 1.29 is 141 Å². The van der Waals surface area contributed by atoms with Crippen LogP contribution in [0, 0.1) is 0 Å². The van der Waals surface area contributed by atoms with E-state index in [0.717, 1.165) is 0 Å². The molecule has 0 aliphatic heterocycles. The molecule has 0 saturated carbocycles. The van der Waals surface area contributed by atoms with Gasteiger partial charge in [-0.3, -0.25) is 4.55 Å². The third-order valence-electron chi connectivity index (χ3n) is 2.77. The largest absolute Gasteiger partial charge is 1.00 e. The summed E-state index contributed by atoms with van der Waals surface area (Å²) in [4.78, 5) is 10.4. The summed E-state index contributed by atoms with van der Waals surface area (Å²) < 4.78 is 220. The molecule has 0 aromatic carbocycles. The molecule has 0 aliphatic rings. The first-order valence-corrected chi connectivity index (χ1v) is 7.04. The summed E-state index contributed by atoms with van der Waals surface area (Å²) in [6, 6.07) is 0. The zero-order chi connectivity index (χ0) is 24.3. The Kier molecular flexibility index (Phi) is 8.99. The second-order valence-corrected chi connectivity index (χ2v) is 5.76. The second kappa shape index (κ2) is 8.39. The predicted molar refractivity (Wildman–Crippen MR) is 54.5 cm³/mol. The van der Waals surface area contributed by atoms with Gasteiger partial charge in [-0.05, 0) is 0 Å². The van der Waals surface area contributed by atoms with Crippen LogP contribution in [0.4, 0.5) is 65.9 Å². The minimum atomic E-state index is -8.65. The van der Waals surface area contributed by atoms with Gasteiger partial charge in [-0.2, -0.15) is 74.3 Å². The summed E-state index contributed by atoms with van der Waals surface area (Å²) in [5, 5.41) is 0. The summed E-state index contributed by atoms with van der Waals surface area (Å²) in [6.45, 7) is 0. The van der Waals surface area contributed by atoms with Crippen LogP contribution in [0.1, 0.15) is 1.43 Å². The molecule has 5 nitrogen and oxygen atoms in total. The van der Waals surface area contributed by atoms with E-state index in [-0.39, 0.29) is 52.8 Å². The number of hydrogen-bond donors (Lipinski definition) is 1. The first-order valence-electron chi connectivity index (χ1n) is 5.68. The summed E-state index contributed by atoms with van der Waals surface area (Å²) in [5.41, 5.74) is 0. The van der Waals surface area contributed by atoms with Gasteiger partial charge in [0.05, 0.1) is 0 Å². The van der Waals surface area contributed by atoms with Crippen LogP contribution < -0.4 is 51.4 Å². The fourth-order valence-corrected chi connectivity index (χ4v) is 1.54. The van der Waals surface area contributed by atoms with Gasteiger partial charge in [0.1, 0.15) is 0 Å². The molecule has 176 valence electrons. The van der Waals surface area contributed by atoms with Crippen molar-refractivity contribution in [1.82, 2.24) is 0 Å². The normalized spacial score (nSPS) is 15.5. The zero-order valence-corrected chi connectivity index (χ0v) is 17.1. The first kappa shape index (κ1) is 32.1. The average Bonchev–Trinajstić information content (AvgIpc) is 2.42. The molecule has 0 aliphatic carbocycles. The zero-order valence-electron chi connectivity index (χ0n) is 14.2. The van der Waals surface area contributed by atoms with Crippen LogP contribution >= 0.6 is 0 Å². The van der Waals surface area contributed by atoms with Gasteiger partial charge in [0.2, 0.25) is 0 Å². The number of carbonyl (C=O) groups is 1. The fourth-order valence-electron chi connectivity index (χ4n) is 1.24. The fraction of sp³-hybridized carbons (Fsp3) is 0.875. The Hall–Kier alpha value is -0.0336. The van der Waals surface area contributed by atoms with Gasteiger partial charge in [-0.1, -0.05) is 0 Å². The van der Waals surface area contributed by atoms with Crippen molar-refractivity contribution in [3.05, 3.63) is 0 Å². The van der Waals surface area contributed by atoms with Gasteiger partial charge >= 0.3 is 109 Å². The molecule has 0 aromatic rings. The van der Waals surface area contributed by atoms with Crippen molar-refractivity contribution in [3.8, 4) is 0 Å². The van der Waals surface area contributed by atoms with E-state index < -0.39 is 58.1 Å². The van der Waals surface area contributed by atoms with E-state index in [1.54, 1.807) is 0 Å². The summed E-state index contributed by atoms with van der Waals surface area (Å²) in [7, 11) is -6.53. The number of carbonyl (C=O) groups excluding carboxylic acids is 1. The van der Waals surface area contributed by atoms with Gasteiger partial charge in [0, 0.05) is 0 Å². The van der Waals surface area contributed by atoms with E-state index >= 15 is 0 Å². The van der Waals surface area contributed by atoms with Gasteiger partial charge in [0.15, 0.2) is 0 Å². The van der Waals surface area contributed by atoms with Crippen molar-refractivity contribution in [1.29, 1.82) is 0 Å². The smallest absolute Gasteiger partial charge is 1.00 e. The molecule has 22 heteroatoms. The number of halogens is 15. The molecule has 0 amide bonds. The van der Waals surface area contributed by atoms with Crippen molar-refractivity contribution in [2.45, 2.75) is 41.7 Å². The Balaban J connectivity index is -0.00000392. The Morgan fingerprint density at radius 1 is 0.633 bits per heavy atom. The van der Waals surface area contributed by atoms with Crippen LogP contribution in [-0.2, 0) is 19.4 Å². The van der Waals surface area contributed by atoms with Crippen LogP contribution in [0.5, 0.6) is 0 Å². The molecule has 0 atom stereocenters. The molecule has 0 bridgehead atoms. The van der Waals surface area contributed by atoms with E-state index in [4.69, 9.17) is 4.55 Å². The Morgan fingerprint density at radius 2 is 0.900 bits per heavy atom. The topological polar surface area (TPSA) is 80.7 Å². The van der Waals surface area contributed by atoms with Gasteiger partial charge < -0.3 is 5.61 Å². The Morgan fingerprint density at radius 3 is 1.17 bits per heavy atom. The SMILES string of the molecule is O=C(OS(=O)(=O)O)C(F)(F)C(F)(F)C(F)(F)C(F)(F)C(F)(F)C(F)(F)C(F)(F)F.[H-].[K+]. The van der Waals surface area contributed by atoms with E-state index in [2.05, 4.69) is 4.18 Å². The van der Waals surface area contributed by atoms with Crippen molar-refractivity contribution in [3.63, 3.8) is 0 Å². The molecule has 0 rings (SSSR count). The Bertz CT molecular complexity index is 764. The molecule has 30 heavy (non-hydrogen) atoms. The molecule has 0 aromatic heterocycles. The first-order chi connectivity index (χ1) is 12.1. The van der Waals surface area contributed by atoms with Gasteiger partial charge in [-0.15, -0.1) is 0 Å². The van der Waals surface area contributed by atoms with Crippen molar-refractivity contribution in [2.24, 2.45) is 0 Å². The third kappa shape index (κ3) is 4.82. The maximum atomic E-state index is 13.1. The predicted octanol–water partition coefficient (Wildman–Crippen LogP) is 0.823. The van der Waals surface area contributed by atoms with Crippen LogP contribution in [0.3, 0.4) is 0 Å². The molecule has 0 heterocycles. The summed E-state index contributed by atoms with van der Waals surface area (Å²) >= 11 is 0. The van der Waals surface area contributed by atoms with Gasteiger partial charge in [0.25, 0.3) is 0 Å². The second-order valence-electron chi connectivity index (χ2n) is 4.74. The molecule has 0 saturated heterocycles. The van der Waals surface area contributed by atoms with Crippen molar-refractivity contribution >= 4 is 16.4 Å².